The SMILES string of the molecule is O=C1c2ccccc2C(=O)N1OCc1ccnc2ccccc12. The molecule has 0 saturated carbocycles. The van der Waals surface area contributed by atoms with Gasteiger partial charge in [0.15, 0.2) is 0 Å². The first-order valence-electron chi connectivity index (χ1n) is 7.19. The number of para-hydroxylation sites is 1. The van der Waals surface area contributed by atoms with Crippen molar-refractivity contribution in [3.05, 3.63) is 77.5 Å². The molecule has 0 aliphatic carbocycles. The molecular formula is C18H12N2O3. The Morgan fingerprint density at radius 2 is 1.52 bits per heavy atom. The van der Waals surface area contributed by atoms with E-state index < -0.39 is 11.8 Å². The van der Waals surface area contributed by atoms with Gasteiger partial charge in [-0.3, -0.25) is 19.4 Å². The second kappa shape index (κ2) is 5.30. The molecule has 1 aliphatic rings. The molecule has 0 unspecified atom stereocenters. The molecule has 1 aromatic heterocycles. The molecule has 4 rings (SSSR count). The highest BCUT2D eigenvalue weighted by Crippen LogP contribution is 2.24. The van der Waals surface area contributed by atoms with Crippen molar-refractivity contribution in [2.75, 3.05) is 0 Å². The van der Waals surface area contributed by atoms with E-state index in [1.54, 1.807) is 30.5 Å². The maximum Gasteiger partial charge on any atom is 0.285 e. The maximum absolute atomic E-state index is 12.3. The Hall–Kier alpha value is -3.05. The summed E-state index contributed by atoms with van der Waals surface area (Å²) in [4.78, 5) is 34.3. The quantitative estimate of drug-likeness (QED) is 0.698. The van der Waals surface area contributed by atoms with E-state index in [0.29, 0.717) is 11.1 Å². The molecule has 2 amide bonds. The van der Waals surface area contributed by atoms with Gasteiger partial charge in [0.25, 0.3) is 11.8 Å². The van der Waals surface area contributed by atoms with Crippen molar-refractivity contribution in [2.45, 2.75) is 6.61 Å². The van der Waals surface area contributed by atoms with Gasteiger partial charge in [0, 0.05) is 11.6 Å². The van der Waals surface area contributed by atoms with Crippen molar-refractivity contribution >= 4 is 22.7 Å². The van der Waals surface area contributed by atoms with Crippen LogP contribution in [-0.4, -0.2) is 21.9 Å². The van der Waals surface area contributed by atoms with E-state index in [1.807, 2.05) is 30.3 Å². The number of hydrogen-bond donors (Lipinski definition) is 0. The number of benzene rings is 2. The van der Waals surface area contributed by atoms with E-state index in [-0.39, 0.29) is 6.61 Å². The van der Waals surface area contributed by atoms with Crippen LogP contribution < -0.4 is 0 Å². The van der Waals surface area contributed by atoms with Crippen molar-refractivity contribution < 1.29 is 14.4 Å². The van der Waals surface area contributed by atoms with Crippen LogP contribution in [0.2, 0.25) is 0 Å². The smallest absolute Gasteiger partial charge is 0.266 e. The number of hydrogen-bond acceptors (Lipinski definition) is 4. The Labute approximate surface area is 132 Å². The van der Waals surface area contributed by atoms with Crippen LogP contribution in [0.1, 0.15) is 26.3 Å². The van der Waals surface area contributed by atoms with E-state index >= 15 is 0 Å². The van der Waals surface area contributed by atoms with Crippen molar-refractivity contribution in [1.29, 1.82) is 0 Å². The summed E-state index contributed by atoms with van der Waals surface area (Å²) in [5.41, 5.74) is 2.46. The Bertz CT molecular complexity index is 896. The second-order valence-corrected chi connectivity index (χ2v) is 5.21. The lowest BCUT2D eigenvalue weighted by Crippen LogP contribution is -2.29. The largest absolute Gasteiger partial charge is 0.285 e. The van der Waals surface area contributed by atoms with E-state index in [2.05, 4.69) is 4.98 Å². The van der Waals surface area contributed by atoms with Gasteiger partial charge in [0.05, 0.1) is 16.6 Å². The van der Waals surface area contributed by atoms with Gasteiger partial charge in [-0.1, -0.05) is 30.3 Å². The monoisotopic (exact) mass is 304 g/mol. The number of fused-ring (bicyclic) bond motifs is 2. The summed E-state index contributed by atoms with van der Waals surface area (Å²) >= 11 is 0. The zero-order chi connectivity index (χ0) is 15.8. The molecule has 1 aliphatic heterocycles. The Morgan fingerprint density at radius 3 is 2.26 bits per heavy atom. The van der Waals surface area contributed by atoms with Gasteiger partial charge < -0.3 is 0 Å². The first kappa shape index (κ1) is 13.6. The summed E-state index contributed by atoms with van der Waals surface area (Å²) in [5.74, 6) is -0.854. The highest BCUT2D eigenvalue weighted by Gasteiger charge is 2.36. The number of carbonyl (C=O) groups is 2. The van der Waals surface area contributed by atoms with Crippen molar-refractivity contribution in [3.63, 3.8) is 0 Å². The lowest BCUT2D eigenvalue weighted by atomic mass is 10.1. The van der Waals surface area contributed by atoms with Crippen LogP contribution in [0.15, 0.2) is 60.8 Å². The van der Waals surface area contributed by atoms with Crippen LogP contribution in [0.4, 0.5) is 0 Å². The second-order valence-electron chi connectivity index (χ2n) is 5.21. The number of pyridine rings is 1. The van der Waals surface area contributed by atoms with Crippen molar-refractivity contribution in [1.82, 2.24) is 10.0 Å². The maximum atomic E-state index is 12.3. The predicted molar refractivity (Wildman–Crippen MR) is 83.5 cm³/mol. The molecule has 0 atom stereocenters. The molecule has 23 heavy (non-hydrogen) atoms. The highest BCUT2D eigenvalue weighted by molar-refractivity contribution is 6.20. The van der Waals surface area contributed by atoms with Crippen LogP contribution >= 0.6 is 0 Å². The number of rotatable bonds is 3. The Morgan fingerprint density at radius 1 is 0.870 bits per heavy atom. The summed E-state index contributed by atoms with van der Waals surface area (Å²) < 4.78 is 0. The highest BCUT2D eigenvalue weighted by atomic mass is 16.7. The summed E-state index contributed by atoms with van der Waals surface area (Å²) in [6, 6.07) is 16.2. The molecule has 0 spiro atoms. The lowest BCUT2D eigenvalue weighted by molar-refractivity contribution is -0.100. The third-order valence-corrected chi connectivity index (χ3v) is 3.85. The lowest BCUT2D eigenvalue weighted by Gasteiger charge is -2.14. The molecule has 2 heterocycles. The molecule has 112 valence electrons. The first-order valence-corrected chi connectivity index (χ1v) is 7.19. The summed E-state index contributed by atoms with van der Waals surface area (Å²) in [6.07, 6.45) is 1.68. The van der Waals surface area contributed by atoms with Crippen molar-refractivity contribution in [2.24, 2.45) is 0 Å². The number of nitrogens with zero attached hydrogens (tertiary/aromatic N) is 2. The van der Waals surface area contributed by atoms with Crippen LogP contribution in [0, 0.1) is 0 Å². The minimum atomic E-state index is -0.427. The fourth-order valence-electron chi connectivity index (χ4n) is 2.70. The minimum Gasteiger partial charge on any atom is -0.266 e. The average molecular weight is 304 g/mol. The van der Waals surface area contributed by atoms with E-state index in [4.69, 9.17) is 4.84 Å². The first-order chi connectivity index (χ1) is 11.3. The van der Waals surface area contributed by atoms with Gasteiger partial charge >= 0.3 is 0 Å². The molecule has 0 N–H and O–H groups in total. The number of amides is 2. The molecule has 3 aromatic rings. The molecular weight excluding hydrogens is 292 g/mol. The molecule has 0 radical (unpaired) electrons. The average Bonchev–Trinajstić information content (AvgIpc) is 2.84. The van der Waals surface area contributed by atoms with E-state index in [0.717, 1.165) is 21.5 Å². The predicted octanol–water partition coefficient (Wildman–Crippen LogP) is 2.96. The Kier molecular flexibility index (Phi) is 3.13. The fourth-order valence-corrected chi connectivity index (χ4v) is 2.70. The number of aromatic nitrogens is 1. The van der Waals surface area contributed by atoms with Crippen molar-refractivity contribution in [3.8, 4) is 0 Å². The number of hydroxylamine groups is 2. The van der Waals surface area contributed by atoms with Gasteiger partial charge in [-0.25, -0.2) is 0 Å². The molecule has 0 saturated heterocycles. The molecule has 0 fully saturated rings. The fraction of sp³-hybridized carbons (Fsp3) is 0.0556. The van der Waals surface area contributed by atoms with Crippen LogP contribution in [-0.2, 0) is 11.4 Å². The third kappa shape index (κ3) is 2.18. The minimum absolute atomic E-state index is 0.120. The molecule has 0 bridgehead atoms. The summed E-state index contributed by atoms with van der Waals surface area (Å²) in [7, 11) is 0. The zero-order valence-electron chi connectivity index (χ0n) is 12.1. The Balaban J connectivity index is 1.60. The normalized spacial score (nSPS) is 13.7. The van der Waals surface area contributed by atoms with Crippen LogP contribution in [0.5, 0.6) is 0 Å². The third-order valence-electron chi connectivity index (χ3n) is 3.85. The van der Waals surface area contributed by atoms with Crippen LogP contribution in [0.3, 0.4) is 0 Å². The van der Waals surface area contributed by atoms with E-state index in [1.165, 1.54) is 0 Å². The van der Waals surface area contributed by atoms with Gasteiger partial charge in [-0.15, -0.1) is 5.06 Å². The molecule has 2 aromatic carbocycles. The summed E-state index contributed by atoms with van der Waals surface area (Å²) in [5, 5.41) is 1.77. The summed E-state index contributed by atoms with van der Waals surface area (Å²) in [6.45, 7) is 0.120. The van der Waals surface area contributed by atoms with Crippen LogP contribution in [0.25, 0.3) is 10.9 Å². The number of carbonyl (C=O) groups excluding carboxylic acids is 2. The number of imide groups is 1. The van der Waals surface area contributed by atoms with E-state index in [9.17, 15) is 9.59 Å². The molecule has 5 heteroatoms. The van der Waals surface area contributed by atoms with Gasteiger partial charge in [0.2, 0.25) is 0 Å². The van der Waals surface area contributed by atoms with Gasteiger partial charge in [0.1, 0.15) is 6.61 Å². The zero-order valence-corrected chi connectivity index (χ0v) is 12.1. The topological polar surface area (TPSA) is 59.5 Å². The standard InChI is InChI=1S/C18H12N2O3/c21-17-14-6-1-2-7-15(14)18(22)20(17)23-11-12-9-10-19-16-8-4-3-5-13(12)16/h1-10H,11H2. The molecule has 5 nitrogen and oxygen atoms in total. The van der Waals surface area contributed by atoms with Gasteiger partial charge in [-0.05, 0) is 29.8 Å². The van der Waals surface area contributed by atoms with Gasteiger partial charge in [-0.2, -0.15) is 0 Å².